The lowest BCUT2D eigenvalue weighted by molar-refractivity contribution is -0.134. The molecular weight excluding hydrogens is 228 g/mol. The Labute approximate surface area is 109 Å². The maximum atomic E-state index is 12.1. The van der Waals surface area contributed by atoms with Crippen molar-refractivity contribution in [1.82, 2.24) is 10.2 Å². The third kappa shape index (κ3) is 3.03. The van der Waals surface area contributed by atoms with E-state index in [1.165, 1.54) is 0 Å². The summed E-state index contributed by atoms with van der Waals surface area (Å²) in [5, 5.41) is 3.03. The van der Waals surface area contributed by atoms with E-state index >= 15 is 0 Å². The van der Waals surface area contributed by atoms with E-state index in [0.717, 1.165) is 58.0 Å². The lowest BCUT2D eigenvalue weighted by Crippen LogP contribution is -2.46. The van der Waals surface area contributed by atoms with Gasteiger partial charge in [-0.1, -0.05) is 19.3 Å². The Balaban J connectivity index is 2.12. The van der Waals surface area contributed by atoms with E-state index in [1.807, 2.05) is 4.90 Å². The zero-order chi connectivity index (χ0) is 13.0. The van der Waals surface area contributed by atoms with Crippen LogP contribution in [-0.2, 0) is 9.59 Å². The van der Waals surface area contributed by atoms with Crippen LogP contribution >= 0.6 is 0 Å². The standard InChI is InChI=1S/C14H24N2O2/c1-11(17)16-10-5-3-2-4-9-15-14(18)12-7-6-8-13(12)16/h12-13H,2-10H2,1H3,(H,15,18)/t12-,13+/m1/s1. The van der Waals surface area contributed by atoms with E-state index < -0.39 is 0 Å². The molecule has 1 heterocycles. The molecule has 4 nitrogen and oxygen atoms in total. The fraction of sp³-hybridized carbons (Fsp3) is 0.857. The minimum atomic E-state index is 0.0204. The number of hydrogen-bond donors (Lipinski definition) is 1. The molecule has 0 aromatic carbocycles. The molecule has 1 saturated carbocycles. The number of carbonyl (C=O) groups excluding carboxylic acids is 2. The van der Waals surface area contributed by atoms with Crippen LogP contribution in [0.5, 0.6) is 0 Å². The van der Waals surface area contributed by atoms with E-state index in [4.69, 9.17) is 0 Å². The van der Waals surface area contributed by atoms with Gasteiger partial charge in [0.05, 0.1) is 5.92 Å². The van der Waals surface area contributed by atoms with Gasteiger partial charge in [-0.25, -0.2) is 0 Å². The molecule has 0 spiro atoms. The van der Waals surface area contributed by atoms with Crippen molar-refractivity contribution in [3.8, 4) is 0 Å². The Bertz CT molecular complexity index is 317. The normalized spacial score (nSPS) is 30.3. The highest BCUT2D eigenvalue weighted by molar-refractivity contribution is 5.81. The molecule has 1 N–H and O–H groups in total. The molecule has 0 aromatic heterocycles. The SMILES string of the molecule is CC(=O)N1CCCCCCNC(=O)[C@@H]2CCC[C@@H]21. The van der Waals surface area contributed by atoms with Gasteiger partial charge in [-0.05, 0) is 25.7 Å². The summed E-state index contributed by atoms with van der Waals surface area (Å²) in [6.45, 7) is 3.25. The molecule has 4 heteroatoms. The Hall–Kier alpha value is -1.06. The maximum Gasteiger partial charge on any atom is 0.225 e. The van der Waals surface area contributed by atoms with Gasteiger partial charge in [0.2, 0.25) is 11.8 Å². The van der Waals surface area contributed by atoms with Crippen molar-refractivity contribution in [2.24, 2.45) is 5.92 Å². The van der Waals surface area contributed by atoms with Gasteiger partial charge in [-0.15, -0.1) is 0 Å². The number of nitrogens with zero attached hydrogens (tertiary/aromatic N) is 1. The summed E-state index contributed by atoms with van der Waals surface area (Å²) >= 11 is 0. The molecule has 0 radical (unpaired) electrons. The number of rotatable bonds is 0. The summed E-state index contributed by atoms with van der Waals surface area (Å²) in [6, 6.07) is 0.139. The smallest absolute Gasteiger partial charge is 0.225 e. The highest BCUT2D eigenvalue weighted by Gasteiger charge is 2.37. The van der Waals surface area contributed by atoms with Crippen LogP contribution < -0.4 is 5.32 Å². The Morgan fingerprint density at radius 3 is 2.72 bits per heavy atom. The monoisotopic (exact) mass is 252 g/mol. The summed E-state index contributed by atoms with van der Waals surface area (Å²) in [4.78, 5) is 25.9. The highest BCUT2D eigenvalue weighted by Crippen LogP contribution is 2.31. The first kappa shape index (κ1) is 13.4. The van der Waals surface area contributed by atoms with Crippen LogP contribution in [-0.4, -0.2) is 35.8 Å². The second-order valence-electron chi connectivity index (χ2n) is 5.52. The Morgan fingerprint density at radius 1 is 1.17 bits per heavy atom. The maximum absolute atomic E-state index is 12.1. The third-order valence-electron chi connectivity index (χ3n) is 4.25. The molecule has 102 valence electrons. The number of carbonyl (C=O) groups is 2. The predicted molar refractivity (Wildman–Crippen MR) is 70.0 cm³/mol. The molecule has 1 saturated heterocycles. The van der Waals surface area contributed by atoms with Crippen LogP contribution in [0.3, 0.4) is 0 Å². The van der Waals surface area contributed by atoms with E-state index in [9.17, 15) is 9.59 Å². The molecule has 1 aliphatic heterocycles. The van der Waals surface area contributed by atoms with E-state index in [0.29, 0.717) is 0 Å². The fourth-order valence-corrected chi connectivity index (χ4v) is 3.28. The van der Waals surface area contributed by atoms with Crippen LogP contribution in [0.4, 0.5) is 0 Å². The zero-order valence-electron chi connectivity index (χ0n) is 11.3. The quantitative estimate of drug-likeness (QED) is 0.713. The van der Waals surface area contributed by atoms with Crippen molar-refractivity contribution in [3.05, 3.63) is 0 Å². The van der Waals surface area contributed by atoms with Gasteiger partial charge in [-0.3, -0.25) is 9.59 Å². The van der Waals surface area contributed by atoms with Gasteiger partial charge in [0.1, 0.15) is 0 Å². The van der Waals surface area contributed by atoms with Crippen molar-refractivity contribution in [2.75, 3.05) is 13.1 Å². The topological polar surface area (TPSA) is 49.4 Å². The summed E-state index contributed by atoms with van der Waals surface area (Å²) in [7, 11) is 0. The predicted octanol–water partition coefficient (Wildman–Crippen LogP) is 1.69. The van der Waals surface area contributed by atoms with Crippen molar-refractivity contribution in [3.63, 3.8) is 0 Å². The van der Waals surface area contributed by atoms with E-state index in [1.54, 1.807) is 6.92 Å². The fourth-order valence-electron chi connectivity index (χ4n) is 3.28. The highest BCUT2D eigenvalue weighted by atomic mass is 16.2. The Morgan fingerprint density at radius 2 is 1.94 bits per heavy atom. The molecule has 2 atom stereocenters. The molecular formula is C14H24N2O2. The number of fused-ring (bicyclic) bond motifs is 1. The second-order valence-corrected chi connectivity index (χ2v) is 5.52. The zero-order valence-corrected chi connectivity index (χ0v) is 11.3. The molecule has 1 aliphatic carbocycles. The average molecular weight is 252 g/mol. The van der Waals surface area contributed by atoms with Crippen LogP contribution in [0.1, 0.15) is 51.9 Å². The molecule has 2 fully saturated rings. The largest absolute Gasteiger partial charge is 0.356 e. The molecule has 18 heavy (non-hydrogen) atoms. The minimum Gasteiger partial charge on any atom is -0.356 e. The molecule has 0 unspecified atom stereocenters. The molecule has 0 bridgehead atoms. The number of nitrogens with one attached hydrogen (secondary N) is 1. The first-order valence-electron chi connectivity index (χ1n) is 7.25. The number of hydrogen-bond acceptors (Lipinski definition) is 2. The lowest BCUT2D eigenvalue weighted by atomic mass is 10.0. The van der Waals surface area contributed by atoms with E-state index in [-0.39, 0.29) is 23.8 Å². The summed E-state index contributed by atoms with van der Waals surface area (Å²) in [6.07, 6.45) is 7.39. The van der Waals surface area contributed by atoms with Crippen LogP contribution in [0.2, 0.25) is 0 Å². The van der Waals surface area contributed by atoms with Crippen molar-refractivity contribution < 1.29 is 9.59 Å². The number of amides is 2. The minimum absolute atomic E-state index is 0.0204. The van der Waals surface area contributed by atoms with Gasteiger partial charge < -0.3 is 10.2 Å². The van der Waals surface area contributed by atoms with Crippen LogP contribution in [0, 0.1) is 5.92 Å². The summed E-state index contributed by atoms with van der Waals surface area (Å²) < 4.78 is 0. The summed E-state index contributed by atoms with van der Waals surface area (Å²) in [5.41, 5.74) is 0. The van der Waals surface area contributed by atoms with Gasteiger partial charge >= 0.3 is 0 Å². The lowest BCUT2D eigenvalue weighted by Gasteiger charge is -2.31. The first-order chi connectivity index (χ1) is 8.70. The van der Waals surface area contributed by atoms with Crippen molar-refractivity contribution >= 4 is 11.8 Å². The van der Waals surface area contributed by atoms with Crippen LogP contribution in [0.15, 0.2) is 0 Å². The molecule has 2 rings (SSSR count). The van der Waals surface area contributed by atoms with Gasteiger partial charge in [0.15, 0.2) is 0 Å². The molecule has 2 amide bonds. The first-order valence-corrected chi connectivity index (χ1v) is 7.25. The van der Waals surface area contributed by atoms with E-state index in [2.05, 4.69) is 5.32 Å². The second kappa shape index (κ2) is 6.21. The third-order valence-corrected chi connectivity index (χ3v) is 4.25. The van der Waals surface area contributed by atoms with Crippen molar-refractivity contribution in [2.45, 2.75) is 57.9 Å². The average Bonchev–Trinajstić information content (AvgIpc) is 2.79. The van der Waals surface area contributed by atoms with Gasteiger partial charge in [0, 0.05) is 26.1 Å². The van der Waals surface area contributed by atoms with Crippen LogP contribution in [0.25, 0.3) is 0 Å². The summed E-state index contributed by atoms with van der Waals surface area (Å²) in [5.74, 6) is 0.302. The molecule has 0 aromatic rings. The van der Waals surface area contributed by atoms with Gasteiger partial charge in [0.25, 0.3) is 0 Å². The Kier molecular flexibility index (Phi) is 4.61. The van der Waals surface area contributed by atoms with Gasteiger partial charge in [-0.2, -0.15) is 0 Å². The molecule has 2 aliphatic rings. The van der Waals surface area contributed by atoms with Crippen molar-refractivity contribution in [1.29, 1.82) is 0 Å².